The largest absolute Gasteiger partial charge is 0.472 e. The maximum atomic E-state index is 12.7. The van der Waals surface area contributed by atoms with Crippen molar-refractivity contribution in [3.05, 3.63) is 54.1 Å². The Hall–Kier alpha value is -2.77. The second-order valence-corrected chi connectivity index (χ2v) is 5.54. The molecule has 0 N–H and O–H groups in total. The topological polar surface area (TPSA) is 55.6 Å². The Morgan fingerprint density at radius 1 is 1.40 bits per heavy atom. The zero-order valence-corrected chi connectivity index (χ0v) is 13.1. The average Bonchev–Trinajstić information content (AvgIpc) is 3.24. The summed E-state index contributed by atoms with van der Waals surface area (Å²) in [5.74, 6) is 0.258. The number of furan rings is 1. The lowest BCUT2D eigenvalue weighted by Crippen LogP contribution is -2.29. The van der Waals surface area contributed by atoms with Crippen molar-refractivity contribution in [2.45, 2.75) is 18.7 Å². The fraction of sp³-hybridized carbons (Fsp3) is 0.294. The Morgan fingerprint density at radius 3 is 2.96 bits per heavy atom. The Balaban J connectivity index is 1.57. The van der Waals surface area contributed by atoms with E-state index in [-0.39, 0.29) is 11.8 Å². The van der Waals surface area contributed by atoms with Crippen molar-refractivity contribution in [2.75, 3.05) is 13.1 Å². The molecule has 0 radical (unpaired) electrons. The molecule has 0 spiro atoms. The molecule has 3 heterocycles. The van der Waals surface area contributed by atoms with Gasteiger partial charge in [-0.2, -0.15) is 13.2 Å². The molecule has 0 aromatic carbocycles. The van der Waals surface area contributed by atoms with E-state index in [0.717, 1.165) is 18.3 Å². The Labute approximate surface area is 141 Å². The highest BCUT2D eigenvalue weighted by Crippen LogP contribution is 2.31. The van der Waals surface area contributed by atoms with E-state index in [1.54, 1.807) is 23.1 Å². The summed E-state index contributed by atoms with van der Waals surface area (Å²) in [4.78, 5) is 17.5. The summed E-state index contributed by atoms with van der Waals surface area (Å²) in [7, 11) is 0. The highest BCUT2D eigenvalue weighted by molar-refractivity contribution is 5.91. The molecule has 2 aromatic rings. The monoisotopic (exact) mass is 352 g/mol. The van der Waals surface area contributed by atoms with Crippen LogP contribution in [0.3, 0.4) is 0 Å². The van der Waals surface area contributed by atoms with Crippen molar-refractivity contribution in [2.24, 2.45) is 0 Å². The molecule has 8 heteroatoms. The van der Waals surface area contributed by atoms with Gasteiger partial charge in [0.05, 0.1) is 18.4 Å². The Morgan fingerprint density at radius 2 is 2.24 bits per heavy atom. The first-order chi connectivity index (χ1) is 11.9. The first-order valence-electron chi connectivity index (χ1n) is 7.62. The van der Waals surface area contributed by atoms with Crippen molar-refractivity contribution >= 4 is 12.0 Å². The third kappa shape index (κ3) is 4.40. The van der Waals surface area contributed by atoms with Gasteiger partial charge in [0.25, 0.3) is 0 Å². The van der Waals surface area contributed by atoms with Gasteiger partial charge in [-0.25, -0.2) is 4.98 Å². The van der Waals surface area contributed by atoms with Crippen LogP contribution < -0.4 is 4.74 Å². The summed E-state index contributed by atoms with van der Waals surface area (Å²) in [5.41, 5.74) is -0.815. The zero-order chi connectivity index (χ0) is 17.9. The second kappa shape index (κ2) is 7.00. The average molecular weight is 352 g/mol. The molecule has 0 bridgehead atoms. The van der Waals surface area contributed by atoms with E-state index in [0.29, 0.717) is 25.3 Å². The molecule has 132 valence electrons. The second-order valence-electron chi connectivity index (χ2n) is 5.54. The van der Waals surface area contributed by atoms with Crippen LogP contribution in [0, 0.1) is 0 Å². The summed E-state index contributed by atoms with van der Waals surface area (Å²) >= 11 is 0. The molecule has 1 amide bonds. The molecule has 3 rings (SSSR count). The number of hydrogen-bond acceptors (Lipinski definition) is 4. The van der Waals surface area contributed by atoms with E-state index in [1.807, 2.05) is 0 Å². The first kappa shape index (κ1) is 17.1. The van der Waals surface area contributed by atoms with Gasteiger partial charge in [-0.3, -0.25) is 4.79 Å². The molecule has 2 aromatic heterocycles. The quantitative estimate of drug-likeness (QED) is 0.792. The molecule has 25 heavy (non-hydrogen) atoms. The summed E-state index contributed by atoms with van der Waals surface area (Å²) in [5, 5.41) is 0. The van der Waals surface area contributed by atoms with Crippen molar-refractivity contribution in [3.63, 3.8) is 0 Å². The lowest BCUT2D eigenvalue weighted by Gasteiger charge is -2.16. The molecular weight excluding hydrogens is 337 g/mol. The number of aromatic nitrogens is 1. The minimum Gasteiger partial charge on any atom is -0.472 e. The maximum absolute atomic E-state index is 12.7. The van der Waals surface area contributed by atoms with Crippen LogP contribution in [0.1, 0.15) is 17.7 Å². The lowest BCUT2D eigenvalue weighted by atomic mass is 10.2. The van der Waals surface area contributed by atoms with E-state index in [9.17, 15) is 18.0 Å². The van der Waals surface area contributed by atoms with Crippen LogP contribution in [0.25, 0.3) is 6.08 Å². The van der Waals surface area contributed by atoms with Gasteiger partial charge < -0.3 is 14.1 Å². The van der Waals surface area contributed by atoms with Crippen LogP contribution in [0.15, 0.2) is 47.2 Å². The van der Waals surface area contributed by atoms with Crippen LogP contribution in [-0.2, 0) is 11.0 Å². The minimum atomic E-state index is -4.45. The third-order valence-electron chi connectivity index (χ3n) is 3.74. The van der Waals surface area contributed by atoms with E-state index < -0.39 is 17.8 Å². The molecule has 1 aliphatic heterocycles. The van der Waals surface area contributed by atoms with Gasteiger partial charge in [-0.1, -0.05) is 0 Å². The number of nitrogens with zero attached hydrogens (tertiary/aromatic N) is 2. The molecule has 5 nitrogen and oxygen atoms in total. The van der Waals surface area contributed by atoms with Gasteiger partial charge in [0.2, 0.25) is 11.8 Å². The van der Waals surface area contributed by atoms with E-state index in [2.05, 4.69) is 4.98 Å². The van der Waals surface area contributed by atoms with Crippen LogP contribution >= 0.6 is 0 Å². The van der Waals surface area contributed by atoms with E-state index in [4.69, 9.17) is 9.15 Å². The molecule has 0 aliphatic carbocycles. The minimum absolute atomic E-state index is 0.0970. The number of ether oxygens (including phenoxy) is 1. The number of carbonyl (C=O) groups is 1. The van der Waals surface area contributed by atoms with Crippen LogP contribution in [-0.4, -0.2) is 35.0 Å². The number of hydrogen-bond donors (Lipinski definition) is 0. The summed E-state index contributed by atoms with van der Waals surface area (Å²) < 4.78 is 48.7. The highest BCUT2D eigenvalue weighted by Gasteiger charge is 2.32. The number of rotatable bonds is 4. The summed E-state index contributed by atoms with van der Waals surface area (Å²) in [6.45, 7) is 0.754. The van der Waals surface area contributed by atoms with Crippen molar-refractivity contribution in [3.8, 4) is 5.88 Å². The number of pyridine rings is 1. The van der Waals surface area contributed by atoms with Gasteiger partial charge in [-0.15, -0.1) is 0 Å². The molecule has 1 fully saturated rings. The predicted octanol–water partition coefficient (Wildman–Crippen LogP) is 3.39. The lowest BCUT2D eigenvalue weighted by molar-refractivity contribution is -0.137. The van der Waals surface area contributed by atoms with Gasteiger partial charge in [0.1, 0.15) is 11.9 Å². The molecule has 0 saturated carbocycles. The van der Waals surface area contributed by atoms with Gasteiger partial charge in [0, 0.05) is 31.3 Å². The number of likely N-dealkylation sites (tertiary alicyclic amines) is 1. The predicted molar refractivity (Wildman–Crippen MR) is 82.6 cm³/mol. The Kier molecular flexibility index (Phi) is 4.78. The van der Waals surface area contributed by atoms with Gasteiger partial charge in [-0.05, 0) is 24.3 Å². The van der Waals surface area contributed by atoms with E-state index in [1.165, 1.54) is 12.3 Å². The standard InChI is InChI=1S/C17H15F3N2O3/c18-17(19,20)12-5-7-21-15(10-12)25-14-6-8-22(11-14)16(23)4-3-13-2-1-9-24-13/h1-5,7,9-10,14H,6,8,11H2/b4-3+/t14-/m1/s1. The number of alkyl halides is 3. The normalized spacial score (nSPS) is 18.0. The van der Waals surface area contributed by atoms with Crippen LogP contribution in [0.2, 0.25) is 0 Å². The molecule has 1 aliphatic rings. The van der Waals surface area contributed by atoms with Gasteiger partial charge >= 0.3 is 6.18 Å². The van der Waals surface area contributed by atoms with Crippen molar-refractivity contribution in [1.29, 1.82) is 0 Å². The molecule has 0 unspecified atom stereocenters. The van der Waals surface area contributed by atoms with Crippen LogP contribution in [0.4, 0.5) is 13.2 Å². The zero-order valence-electron chi connectivity index (χ0n) is 13.1. The molecule has 1 atom stereocenters. The van der Waals surface area contributed by atoms with Gasteiger partial charge in [0.15, 0.2) is 0 Å². The first-order valence-corrected chi connectivity index (χ1v) is 7.62. The fourth-order valence-corrected chi connectivity index (χ4v) is 2.49. The highest BCUT2D eigenvalue weighted by atomic mass is 19.4. The SMILES string of the molecule is O=C(/C=C/c1ccco1)N1CC[C@@H](Oc2cc(C(F)(F)F)ccn2)C1. The van der Waals surface area contributed by atoms with E-state index >= 15 is 0 Å². The fourth-order valence-electron chi connectivity index (χ4n) is 2.49. The van der Waals surface area contributed by atoms with Crippen molar-refractivity contribution < 1.29 is 27.1 Å². The van der Waals surface area contributed by atoms with Crippen LogP contribution in [0.5, 0.6) is 5.88 Å². The number of halogens is 3. The maximum Gasteiger partial charge on any atom is 0.416 e. The third-order valence-corrected chi connectivity index (χ3v) is 3.74. The molecular formula is C17H15F3N2O3. The summed E-state index contributed by atoms with van der Waals surface area (Å²) in [6, 6.07) is 5.18. The number of carbonyl (C=O) groups excluding carboxylic acids is 1. The smallest absolute Gasteiger partial charge is 0.416 e. The number of amides is 1. The van der Waals surface area contributed by atoms with Crippen molar-refractivity contribution in [1.82, 2.24) is 9.88 Å². The summed E-state index contributed by atoms with van der Waals surface area (Å²) in [6.07, 6.45) is 1.20. The Bertz CT molecular complexity index is 757. The molecule has 1 saturated heterocycles.